The zero-order chi connectivity index (χ0) is 22.1. The molecule has 5 rings (SSSR count). The van der Waals surface area contributed by atoms with E-state index in [1.807, 2.05) is 48.5 Å². The Hall–Kier alpha value is -3.22. The summed E-state index contributed by atoms with van der Waals surface area (Å²) in [4.78, 5) is 16.5. The molecule has 4 aromatic rings. The van der Waals surface area contributed by atoms with Gasteiger partial charge in [-0.25, -0.2) is 9.97 Å². The number of likely N-dealkylation sites (tertiary alicyclic amines) is 1. The second kappa shape index (κ2) is 8.73. The van der Waals surface area contributed by atoms with Crippen LogP contribution in [0.15, 0.2) is 60.8 Å². The predicted molar refractivity (Wildman–Crippen MR) is 132 cm³/mol. The van der Waals surface area contributed by atoms with Crippen molar-refractivity contribution >= 4 is 34.1 Å². The van der Waals surface area contributed by atoms with Crippen LogP contribution in [0, 0.1) is 0 Å². The van der Waals surface area contributed by atoms with Gasteiger partial charge in [0, 0.05) is 28.8 Å². The number of halogens is 1. The third-order valence-corrected chi connectivity index (χ3v) is 6.25. The second-order valence-corrected chi connectivity index (χ2v) is 8.68. The van der Waals surface area contributed by atoms with E-state index in [-0.39, 0.29) is 0 Å². The molecule has 6 nitrogen and oxygen atoms in total. The molecule has 1 aliphatic heterocycles. The van der Waals surface area contributed by atoms with Gasteiger partial charge in [-0.3, -0.25) is 4.98 Å². The van der Waals surface area contributed by atoms with Gasteiger partial charge in [-0.2, -0.15) is 0 Å². The maximum atomic E-state index is 6.60. The largest absolute Gasteiger partial charge is 0.381 e. The van der Waals surface area contributed by atoms with Crippen LogP contribution in [0.3, 0.4) is 0 Å². The normalized spacial score (nSPS) is 15.2. The Morgan fingerprint density at radius 2 is 1.72 bits per heavy atom. The summed E-state index contributed by atoms with van der Waals surface area (Å²) in [5.74, 6) is 1.02. The summed E-state index contributed by atoms with van der Waals surface area (Å²) < 4.78 is 0. The van der Waals surface area contributed by atoms with Crippen LogP contribution in [-0.2, 0) is 0 Å². The summed E-state index contributed by atoms with van der Waals surface area (Å²) in [5.41, 5.74) is 10.5. The number of hydrogen-bond acceptors (Lipinski definition) is 6. The smallest absolute Gasteiger partial charge is 0.169 e. The molecule has 1 saturated heterocycles. The lowest BCUT2D eigenvalue weighted by Gasteiger charge is -2.30. The fourth-order valence-corrected chi connectivity index (χ4v) is 4.46. The average molecular weight is 445 g/mol. The molecule has 0 spiro atoms. The van der Waals surface area contributed by atoms with E-state index in [1.165, 1.54) is 0 Å². The summed E-state index contributed by atoms with van der Waals surface area (Å²) >= 11 is 6.60. The maximum absolute atomic E-state index is 6.60. The van der Waals surface area contributed by atoms with Crippen molar-refractivity contribution in [2.75, 3.05) is 31.2 Å². The SMILES string of the molecule is CN1CCC(Nc2nc(-c3cc(Cl)c4ncccc4c3)c(-c3ccccc3)nc2N)CC1. The molecule has 0 amide bonds. The minimum absolute atomic E-state index is 0.322. The van der Waals surface area contributed by atoms with E-state index in [0.29, 0.717) is 22.7 Å². The van der Waals surface area contributed by atoms with Gasteiger partial charge in [0.1, 0.15) is 0 Å². The number of benzene rings is 2. The van der Waals surface area contributed by atoms with E-state index in [2.05, 4.69) is 28.3 Å². The first-order valence-electron chi connectivity index (χ1n) is 10.8. The molecule has 3 N–H and O–H groups in total. The van der Waals surface area contributed by atoms with Crippen LogP contribution in [-0.4, -0.2) is 46.0 Å². The Morgan fingerprint density at radius 1 is 0.969 bits per heavy atom. The summed E-state index contributed by atoms with van der Waals surface area (Å²) in [6.07, 6.45) is 3.83. The number of nitrogen functional groups attached to an aromatic ring is 1. The molecule has 2 aromatic carbocycles. The van der Waals surface area contributed by atoms with Crippen LogP contribution < -0.4 is 11.1 Å². The molecule has 2 aromatic heterocycles. The highest BCUT2D eigenvalue weighted by atomic mass is 35.5. The van der Waals surface area contributed by atoms with Crippen LogP contribution in [0.5, 0.6) is 0 Å². The molecule has 162 valence electrons. The predicted octanol–water partition coefficient (Wildman–Crippen LogP) is 5.10. The van der Waals surface area contributed by atoms with Gasteiger partial charge < -0.3 is 16.0 Å². The molecule has 1 aliphatic rings. The van der Waals surface area contributed by atoms with Gasteiger partial charge in [0.2, 0.25) is 0 Å². The average Bonchev–Trinajstić information content (AvgIpc) is 2.82. The van der Waals surface area contributed by atoms with Gasteiger partial charge in [-0.1, -0.05) is 48.0 Å². The van der Waals surface area contributed by atoms with E-state index in [4.69, 9.17) is 27.3 Å². The Morgan fingerprint density at radius 3 is 2.50 bits per heavy atom. The van der Waals surface area contributed by atoms with E-state index >= 15 is 0 Å². The molecule has 0 atom stereocenters. The van der Waals surface area contributed by atoms with Gasteiger partial charge in [-0.15, -0.1) is 0 Å². The second-order valence-electron chi connectivity index (χ2n) is 8.28. The fraction of sp³-hybridized carbons (Fsp3) is 0.240. The molecule has 32 heavy (non-hydrogen) atoms. The minimum atomic E-state index is 0.322. The molecule has 0 unspecified atom stereocenters. The van der Waals surface area contributed by atoms with Crippen LogP contribution >= 0.6 is 11.6 Å². The molecule has 0 aliphatic carbocycles. The number of nitrogens with two attached hydrogens (primary N) is 1. The van der Waals surface area contributed by atoms with E-state index in [1.54, 1.807) is 6.20 Å². The topological polar surface area (TPSA) is 80.0 Å². The maximum Gasteiger partial charge on any atom is 0.169 e. The highest BCUT2D eigenvalue weighted by molar-refractivity contribution is 6.35. The van der Waals surface area contributed by atoms with E-state index in [9.17, 15) is 0 Å². The van der Waals surface area contributed by atoms with Crippen molar-refractivity contribution in [1.29, 1.82) is 0 Å². The van der Waals surface area contributed by atoms with Crippen molar-refractivity contribution in [1.82, 2.24) is 19.9 Å². The van der Waals surface area contributed by atoms with Crippen molar-refractivity contribution < 1.29 is 0 Å². The first kappa shape index (κ1) is 20.7. The van der Waals surface area contributed by atoms with Gasteiger partial charge in [-0.05, 0) is 51.2 Å². The number of piperidine rings is 1. The van der Waals surface area contributed by atoms with Crippen LogP contribution in [0.2, 0.25) is 5.02 Å². The van der Waals surface area contributed by atoms with Crippen LogP contribution in [0.4, 0.5) is 11.6 Å². The lowest BCUT2D eigenvalue weighted by molar-refractivity contribution is 0.263. The van der Waals surface area contributed by atoms with Gasteiger partial charge in [0.25, 0.3) is 0 Å². The number of nitrogens with zero attached hydrogens (tertiary/aromatic N) is 4. The first-order chi connectivity index (χ1) is 15.6. The lowest BCUT2D eigenvalue weighted by Crippen LogP contribution is -2.37. The number of rotatable bonds is 4. The number of hydrogen-bond donors (Lipinski definition) is 2. The molecule has 3 heterocycles. The zero-order valence-electron chi connectivity index (χ0n) is 17.9. The lowest BCUT2D eigenvalue weighted by atomic mass is 10.0. The molecule has 0 radical (unpaired) electrons. The van der Waals surface area contributed by atoms with Crippen molar-refractivity contribution in [3.63, 3.8) is 0 Å². The quantitative estimate of drug-likeness (QED) is 0.455. The number of aromatic nitrogens is 3. The summed E-state index contributed by atoms with van der Waals surface area (Å²) in [5, 5.41) is 5.08. The standard InChI is InChI=1S/C25H25ClN6/c1-32-12-9-19(10-13-32)29-25-24(27)30-22(16-6-3-2-4-7-16)23(31-25)18-14-17-8-5-11-28-21(17)20(26)15-18/h2-8,11,14-15,19H,9-10,12-13H2,1H3,(H2,27,30)(H,29,31). The number of nitrogens with one attached hydrogen (secondary N) is 1. The summed E-state index contributed by atoms with van der Waals surface area (Å²) in [6, 6.07) is 18.2. The molecule has 7 heteroatoms. The van der Waals surface area contributed by atoms with Crippen molar-refractivity contribution in [3.8, 4) is 22.5 Å². The van der Waals surface area contributed by atoms with E-state index < -0.39 is 0 Å². The van der Waals surface area contributed by atoms with Gasteiger partial charge >= 0.3 is 0 Å². The summed E-state index contributed by atoms with van der Waals surface area (Å²) in [7, 11) is 2.15. The third-order valence-electron chi connectivity index (χ3n) is 5.96. The fourth-order valence-electron chi connectivity index (χ4n) is 4.18. The Labute approximate surface area is 192 Å². The van der Waals surface area contributed by atoms with Crippen molar-refractivity contribution in [3.05, 3.63) is 65.8 Å². The molecule has 0 saturated carbocycles. The van der Waals surface area contributed by atoms with Crippen molar-refractivity contribution in [2.45, 2.75) is 18.9 Å². The molecular weight excluding hydrogens is 420 g/mol. The Balaban J connectivity index is 1.63. The van der Waals surface area contributed by atoms with E-state index in [0.717, 1.165) is 59.3 Å². The monoisotopic (exact) mass is 444 g/mol. The Kier molecular flexibility index (Phi) is 5.64. The summed E-state index contributed by atoms with van der Waals surface area (Å²) in [6.45, 7) is 2.10. The van der Waals surface area contributed by atoms with Crippen molar-refractivity contribution in [2.24, 2.45) is 0 Å². The van der Waals surface area contributed by atoms with Crippen LogP contribution in [0.1, 0.15) is 12.8 Å². The molecule has 1 fully saturated rings. The zero-order valence-corrected chi connectivity index (χ0v) is 18.7. The number of anilines is 2. The molecular formula is C25H25ClN6. The number of fused-ring (bicyclic) bond motifs is 1. The van der Waals surface area contributed by atoms with Gasteiger partial charge in [0.05, 0.1) is 21.9 Å². The minimum Gasteiger partial charge on any atom is -0.381 e. The van der Waals surface area contributed by atoms with Crippen LogP contribution in [0.25, 0.3) is 33.4 Å². The molecule has 0 bridgehead atoms. The Bertz CT molecular complexity index is 1250. The highest BCUT2D eigenvalue weighted by Gasteiger charge is 2.21. The highest BCUT2D eigenvalue weighted by Crippen LogP contribution is 2.36. The third kappa shape index (κ3) is 4.11. The first-order valence-corrected chi connectivity index (χ1v) is 11.2. The van der Waals surface area contributed by atoms with Gasteiger partial charge in [0.15, 0.2) is 11.6 Å². The number of pyridine rings is 1.